The molecule has 1 amide bonds. The lowest BCUT2D eigenvalue weighted by molar-refractivity contribution is -0.144. The highest BCUT2D eigenvalue weighted by molar-refractivity contribution is 6.38. The van der Waals surface area contributed by atoms with E-state index in [-0.39, 0.29) is 18.4 Å². The number of likely N-dealkylation sites (N-methyl/N-ethyl adjacent to an activating group) is 1. The van der Waals surface area contributed by atoms with Gasteiger partial charge in [0.05, 0.1) is 10.7 Å². The number of carbonyl (C=O) groups is 2. The minimum Gasteiger partial charge on any atom is -0.464 e. The molecule has 0 aliphatic carbocycles. The summed E-state index contributed by atoms with van der Waals surface area (Å²) in [5.74, 6) is -0.785. The summed E-state index contributed by atoms with van der Waals surface area (Å²) in [6.45, 7) is 1.13. The number of hydrogen-bond donors (Lipinski definition) is 0. The molecule has 1 aromatic rings. The molecular formula is C13H12Cl3NO3. The number of alkyl halides is 1. The number of halogens is 3. The van der Waals surface area contributed by atoms with E-state index in [0.717, 1.165) is 0 Å². The molecule has 0 radical (unpaired) electrons. The van der Waals surface area contributed by atoms with Gasteiger partial charge in [-0.1, -0.05) is 23.2 Å². The van der Waals surface area contributed by atoms with Crippen LogP contribution in [0.25, 0.3) is 0 Å². The number of fused-ring (bicyclic) bond motifs is 1. The third-order valence-corrected chi connectivity index (χ3v) is 4.31. The van der Waals surface area contributed by atoms with Crippen molar-refractivity contribution in [3.8, 4) is 0 Å². The van der Waals surface area contributed by atoms with Crippen LogP contribution in [0.2, 0.25) is 10.0 Å². The molecule has 0 bridgehead atoms. The molecule has 0 saturated heterocycles. The Morgan fingerprint density at radius 2 is 2.05 bits per heavy atom. The Hall–Kier alpha value is -0.970. The molecule has 1 aromatic carbocycles. The van der Waals surface area contributed by atoms with Gasteiger partial charge < -0.3 is 9.64 Å². The summed E-state index contributed by atoms with van der Waals surface area (Å²) in [5, 5.41) is 0.757. The number of hydrogen-bond acceptors (Lipinski definition) is 3. The maximum atomic E-state index is 12.5. The zero-order chi connectivity index (χ0) is 15.1. The fraction of sp³-hybridized carbons (Fsp3) is 0.385. The van der Waals surface area contributed by atoms with Gasteiger partial charge in [-0.05, 0) is 17.7 Å². The minimum absolute atomic E-state index is 0.0346. The number of ether oxygens (including phenoxy) is 1. The Kier molecular flexibility index (Phi) is 4.19. The minimum atomic E-state index is -1.15. The van der Waals surface area contributed by atoms with Gasteiger partial charge in [0.25, 0.3) is 0 Å². The van der Waals surface area contributed by atoms with Gasteiger partial charge in [-0.2, -0.15) is 0 Å². The number of esters is 1. The Bertz CT molecular complexity index is 590. The lowest BCUT2D eigenvalue weighted by Crippen LogP contribution is -2.44. The van der Waals surface area contributed by atoms with Crippen LogP contribution in [0.4, 0.5) is 5.69 Å². The molecule has 108 valence electrons. The number of rotatable bonds is 3. The molecule has 7 heteroatoms. The van der Waals surface area contributed by atoms with E-state index in [0.29, 0.717) is 21.3 Å². The van der Waals surface area contributed by atoms with E-state index < -0.39 is 11.4 Å². The first-order chi connectivity index (χ1) is 9.33. The fourth-order valence-electron chi connectivity index (χ4n) is 2.34. The van der Waals surface area contributed by atoms with Crippen LogP contribution < -0.4 is 4.90 Å². The zero-order valence-electron chi connectivity index (χ0n) is 10.9. The van der Waals surface area contributed by atoms with E-state index >= 15 is 0 Å². The van der Waals surface area contributed by atoms with E-state index in [1.165, 1.54) is 11.8 Å². The lowest BCUT2D eigenvalue weighted by atomic mass is 9.84. The molecule has 1 atom stereocenters. The quantitative estimate of drug-likeness (QED) is 0.630. The highest BCUT2D eigenvalue weighted by Crippen LogP contribution is 2.47. The Morgan fingerprint density at radius 3 is 2.60 bits per heavy atom. The second kappa shape index (κ2) is 5.43. The number of nitrogens with zero attached hydrogens (tertiary/aromatic N) is 1. The lowest BCUT2D eigenvalue weighted by Gasteiger charge is -2.25. The summed E-state index contributed by atoms with van der Waals surface area (Å²) in [6, 6.07) is 3.19. The van der Waals surface area contributed by atoms with Gasteiger partial charge in [0.1, 0.15) is 12.0 Å². The van der Waals surface area contributed by atoms with Crippen molar-refractivity contribution in [1.29, 1.82) is 0 Å². The highest BCUT2D eigenvalue weighted by Gasteiger charge is 2.51. The Morgan fingerprint density at radius 1 is 1.40 bits per heavy atom. The number of benzene rings is 1. The molecule has 1 aliphatic heterocycles. The van der Waals surface area contributed by atoms with Gasteiger partial charge in [-0.25, -0.2) is 0 Å². The molecule has 1 heterocycles. The van der Waals surface area contributed by atoms with Gasteiger partial charge >= 0.3 is 5.97 Å². The van der Waals surface area contributed by atoms with Crippen molar-refractivity contribution in [3.05, 3.63) is 27.7 Å². The first-order valence-electron chi connectivity index (χ1n) is 5.80. The smallest absolute Gasteiger partial charge is 0.302 e. The fourth-order valence-corrected chi connectivity index (χ4v) is 3.30. The van der Waals surface area contributed by atoms with Crippen LogP contribution in [-0.4, -0.2) is 31.4 Å². The van der Waals surface area contributed by atoms with Crippen LogP contribution >= 0.6 is 34.8 Å². The average Bonchev–Trinajstić information content (AvgIpc) is 2.57. The summed E-state index contributed by atoms with van der Waals surface area (Å²) < 4.78 is 5.02. The summed E-state index contributed by atoms with van der Waals surface area (Å²) >= 11 is 18.2. The van der Waals surface area contributed by atoms with Crippen molar-refractivity contribution >= 4 is 52.4 Å². The molecule has 1 aliphatic rings. The predicted octanol–water partition coefficient (Wildman–Crippen LogP) is 3.01. The number of amides is 1. The van der Waals surface area contributed by atoms with Gasteiger partial charge in [-0.15, -0.1) is 11.6 Å². The summed E-state index contributed by atoms with van der Waals surface area (Å²) in [6.07, 6.45) is 0. The van der Waals surface area contributed by atoms with E-state index in [1.807, 2.05) is 0 Å². The molecule has 1 unspecified atom stereocenters. The van der Waals surface area contributed by atoms with Crippen molar-refractivity contribution in [2.75, 3.05) is 24.4 Å². The summed E-state index contributed by atoms with van der Waals surface area (Å²) in [5.41, 5.74) is -0.0149. The van der Waals surface area contributed by atoms with Crippen LogP contribution in [0.15, 0.2) is 12.1 Å². The topological polar surface area (TPSA) is 46.6 Å². The van der Waals surface area contributed by atoms with Crippen LogP contribution in [0.1, 0.15) is 12.5 Å². The zero-order valence-corrected chi connectivity index (χ0v) is 13.1. The standard InChI is InChI=1S/C13H12Cl3NO3/c1-7(18)20-6-13(5-14)9-3-8(15)4-10(16)11(9)17(2)12(13)19/h3-4H,5-6H2,1-2H3. The Labute approximate surface area is 131 Å². The van der Waals surface area contributed by atoms with Crippen LogP contribution in [0, 0.1) is 0 Å². The molecule has 4 nitrogen and oxygen atoms in total. The van der Waals surface area contributed by atoms with Crippen molar-refractivity contribution in [2.24, 2.45) is 0 Å². The first kappa shape index (κ1) is 15.4. The maximum absolute atomic E-state index is 12.5. The van der Waals surface area contributed by atoms with Crippen molar-refractivity contribution in [3.63, 3.8) is 0 Å². The van der Waals surface area contributed by atoms with E-state index in [2.05, 4.69) is 0 Å². The van der Waals surface area contributed by atoms with E-state index in [1.54, 1.807) is 19.2 Å². The number of carbonyl (C=O) groups excluding carboxylic acids is 2. The van der Waals surface area contributed by atoms with Crippen molar-refractivity contribution in [1.82, 2.24) is 0 Å². The highest BCUT2D eigenvalue weighted by atomic mass is 35.5. The first-order valence-corrected chi connectivity index (χ1v) is 7.09. The monoisotopic (exact) mass is 335 g/mol. The van der Waals surface area contributed by atoms with Crippen molar-refractivity contribution < 1.29 is 14.3 Å². The van der Waals surface area contributed by atoms with Crippen LogP contribution in [0.3, 0.4) is 0 Å². The van der Waals surface area contributed by atoms with Crippen LogP contribution in [-0.2, 0) is 19.7 Å². The van der Waals surface area contributed by atoms with Gasteiger partial charge in [-0.3, -0.25) is 9.59 Å². The third-order valence-electron chi connectivity index (χ3n) is 3.34. The summed E-state index contributed by atoms with van der Waals surface area (Å²) in [7, 11) is 1.60. The van der Waals surface area contributed by atoms with Gasteiger partial charge in [0.15, 0.2) is 0 Å². The molecule has 20 heavy (non-hydrogen) atoms. The SMILES string of the molecule is CC(=O)OCC1(CCl)C(=O)N(C)c2c(Cl)cc(Cl)cc21. The van der Waals surface area contributed by atoms with Gasteiger partial charge in [0.2, 0.25) is 5.91 Å². The number of anilines is 1. The molecule has 0 saturated carbocycles. The van der Waals surface area contributed by atoms with Crippen LogP contribution in [0.5, 0.6) is 0 Å². The molecule has 0 aromatic heterocycles. The molecule has 0 fully saturated rings. The Balaban J connectivity index is 2.60. The second-order valence-corrected chi connectivity index (χ2v) is 5.75. The molecular weight excluding hydrogens is 325 g/mol. The normalized spacial score (nSPS) is 21.1. The molecule has 0 spiro atoms. The van der Waals surface area contributed by atoms with Crippen molar-refractivity contribution in [2.45, 2.75) is 12.3 Å². The van der Waals surface area contributed by atoms with E-state index in [4.69, 9.17) is 39.5 Å². The maximum Gasteiger partial charge on any atom is 0.302 e. The average molecular weight is 337 g/mol. The third kappa shape index (κ3) is 2.26. The predicted molar refractivity (Wildman–Crippen MR) is 78.9 cm³/mol. The molecule has 2 rings (SSSR count). The largest absolute Gasteiger partial charge is 0.464 e. The molecule has 0 N–H and O–H groups in total. The summed E-state index contributed by atoms with van der Waals surface area (Å²) in [4.78, 5) is 25.0. The second-order valence-electron chi connectivity index (χ2n) is 4.64. The van der Waals surface area contributed by atoms with Gasteiger partial charge in [0, 0.05) is 24.9 Å². The van der Waals surface area contributed by atoms with E-state index in [9.17, 15) is 9.59 Å².